The first-order chi connectivity index (χ1) is 10.4. The normalized spacial score (nSPS) is 12.0. The summed E-state index contributed by atoms with van der Waals surface area (Å²) in [5, 5.41) is 0. The first kappa shape index (κ1) is 13.6. The van der Waals surface area contributed by atoms with Gasteiger partial charge in [-0.1, -0.05) is 66.7 Å². The second-order valence-electron chi connectivity index (χ2n) is 5.27. The molecule has 2 aromatic carbocycles. The molecule has 0 bridgehead atoms. The van der Waals surface area contributed by atoms with Crippen molar-refractivity contribution in [1.29, 1.82) is 0 Å². The summed E-state index contributed by atoms with van der Waals surface area (Å²) in [7, 11) is 0. The fourth-order valence-corrected chi connectivity index (χ4v) is 2.73. The summed E-state index contributed by atoms with van der Waals surface area (Å²) >= 11 is 0. The molecule has 0 saturated heterocycles. The van der Waals surface area contributed by atoms with E-state index in [2.05, 4.69) is 95.8 Å². The van der Waals surface area contributed by atoms with Gasteiger partial charge in [0, 0.05) is 24.1 Å². The monoisotopic (exact) mass is 274 g/mol. The third kappa shape index (κ3) is 3.57. The van der Waals surface area contributed by atoms with Crippen LogP contribution in [0, 0.1) is 0 Å². The zero-order valence-corrected chi connectivity index (χ0v) is 12.1. The highest BCUT2D eigenvalue weighted by molar-refractivity contribution is 5.19. The van der Waals surface area contributed by atoms with Crippen LogP contribution in [0.2, 0.25) is 0 Å². The number of aryl methyl sites for hydroxylation is 1. The van der Waals surface area contributed by atoms with Crippen LogP contribution in [0.25, 0.3) is 0 Å². The summed E-state index contributed by atoms with van der Waals surface area (Å²) < 4.78 is 2.30. The Bertz CT molecular complexity index is 608. The molecule has 0 spiro atoms. The summed E-state index contributed by atoms with van der Waals surface area (Å²) in [6.07, 6.45) is 6.50. The van der Waals surface area contributed by atoms with Crippen molar-refractivity contribution in [2.24, 2.45) is 0 Å². The summed E-state index contributed by atoms with van der Waals surface area (Å²) in [4.78, 5) is 0. The van der Waals surface area contributed by atoms with Gasteiger partial charge in [0.2, 0.25) is 0 Å². The summed E-state index contributed by atoms with van der Waals surface area (Å²) in [5.41, 5.74) is 2.76. The van der Waals surface area contributed by atoms with Crippen LogP contribution < -0.4 is 4.57 Å². The maximum Gasteiger partial charge on any atom is 0.183 e. The second kappa shape index (κ2) is 6.85. The van der Waals surface area contributed by atoms with Gasteiger partial charge in [-0.25, -0.2) is 0 Å². The summed E-state index contributed by atoms with van der Waals surface area (Å²) in [5.74, 6) is 0. The van der Waals surface area contributed by atoms with Gasteiger partial charge in [-0.3, -0.25) is 0 Å². The van der Waals surface area contributed by atoms with Crippen LogP contribution in [-0.4, -0.2) is 0 Å². The molecule has 3 rings (SSSR count). The Morgan fingerprint density at radius 3 is 1.90 bits per heavy atom. The average molecular weight is 274 g/mol. The first-order valence-electron chi connectivity index (χ1n) is 7.48. The molecule has 1 unspecified atom stereocenters. The molecule has 3 aromatic rings. The van der Waals surface area contributed by atoms with Crippen molar-refractivity contribution in [3.05, 3.63) is 102 Å². The molecule has 0 amide bonds. The van der Waals surface area contributed by atoms with Crippen LogP contribution in [0.4, 0.5) is 0 Å². The Balaban J connectivity index is 1.83. The molecule has 0 saturated carbocycles. The summed E-state index contributed by atoms with van der Waals surface area (Å²) in [6.45, 7) is 0. The minimum Gasteiger partial charge on any atom is -0.198 e. The van der Waals surface area contributed by atoms with Crippen molar-refractivity contribution in [1.82, 2.24) is 0 Å². The molecule has 1 heterocycles. The van der Waals surface area contributed by atoms with E-state index in [4.69, 9.17) is 0 Å². The van der Waals surface area contributed by atoms with Crippen LogP contribution in [0.3, 0.4) is 0 Å². The van der Waals surface area contributed by atoms with Crippen molar-refractivity contribution in [3.63, 3.8) is 0 Å². The van der Waals surface area contributed by atoms with Gasteiger partial charge < -0.3 is 0 Å². The zero-order chi connectivity index (χ0) is 14.3. The Labute approximate surface area is 126 Å². The first-order valence-corrected chi connectivity index (χ1v) is 7.48. The maximum atomic E-state index is 2.30. The molecule has 21 heavy (non-hydrogen) atoms. The molecular weight excluding hydrogens is 254 g/mol. The Kier molecular flexibility index (Phi) is 4.42. The van der Waals surface area contributed by atoms with E-state index in [0.29, 0.717) is 6.04 Å². The van der Waals surface area contributed by atoms with Crippen molar-refractivity contribution in [3.8, 4) is 0 Å². The van der Waals surface area contributed by atoms with E-state index in [9.17, 15) is 0 Å². The second-order valence-corrected chi connectivity index (χ2v) is 5.27. The minimum absolute atomic E-state index is 0.382. The predicted molar refractivity (Wildman–Crippen MR) is 86.0 cm³/mol. The third-order valence-electron chi connectivity index (χ3n) is 3.83. The SMILES string of the molecule is c1ccc(CCC(c2ccccc2)[n+]2ccccc2)cc1. The molecule has 0 aliphatic heterocycles. The number of nitrogens with zero attached hydrogens (tertiary/aromatic N) is 1. The topological polar surface area (TPSA) is 3.88 Å². The van der Waals surface area contributed by atoms with Crippen molar-refractivity contribution in [2.75, 3.05) is 0 Å². The largest absolute Gasteiger partial charge is 0.198 e. The number of aromatic nitrogens is 1. The highest BCUT2D eigenvalue weighted by Gasteiger charge is 2.19. The standard InChI is InChI=1S/C20H20N/c1-4-10-18(11-5-1)14-15-20(19-12-6-2-7-13-19)21-16-8-3-9-17-21/h1-13,16-17,20H,14-15H2/q+1. The van der Waals surface area contributed by atoms with Gasteiger partial charge in [-0.15, -0.1) is 0 Å². The van der Waals surface area contributed by atoms with Gasteiger partial charge in [0.1, 0.15) is 0 Å². The van der Waals surface area contributed by atoms with Crippen molar-refractivity contribution >= 4 is 0 Å². The van der Waals surface area contributed by atoms with Crippen molar-refractivity contribution < 1.29 is 4.57 Å². The Morgan fingerprint density at radius 2 is 1.24 bits per heavy atom. The van der Waals surface area contributed by atoms with Gasteiger partial charge >= 0.3 is 0 Å². The molecule has 1 heteroatoms. The van der Waals surface area contributed by atoms with Crippen LogP contribution in [0.5, 0.6) is 0 Å². The molecule has 0 radical (unpaired) electrons. The highest BCUT2D eigenvalue weighted by Crippen LogP contribution is 2.18. The van der Waals surface area contributed by atoms with Gasteiger partial charge in [-0.2, -0.15) is 4.57 Å². The maximum absolute atomic E-state index is 2.30. The quantitative estimate of drug-likeness (QED) is 0.614. The Hall–Kier alpha value is -2.41. The van der Waals surface area contributed by atoms with E-state index < -0.39 is 0 Å². The lowest BCUT2D eigenvalue weighted by atomic mass is 9.98. The molecule has 0 aliphatic rings. The lowest BCUT2D eigenvalue weighted by molar-refractivity contribution is -0.714. The Morgan fingerprint density at radius 1 is 0.667 bits per heavy atom. The van der Waals surface area contributed by atoms with E-state index in [0.717, 1.165) is 12.8 Å². The smallest absolute Gasteiger partial charge is 0.183 e. The molecule has 0 aliphatic carbocycles. The number of pyridine rings is 1. The highest BCUT2D eigenvalue weighted by atomic mass is 15.0. The number of rotatable bonds is 5. The zero-order valence-electron chi connectivity index (χ0n) is 12.1. The number of benzene rings is 2. The molecule has 0 fully saturated rings. The van der Waals surface area contributed by atoms with Crippen LogP contribution >= 0.6 is 0 Å². The van der Waals surface area contributed by atoms with Gasteiger partial charge in [0.05, 0.1) is 0 Å². The third-order valence-corrected chi connectivity index (χ3v) is 3.83. The molecular formula is C20H20N+. The van der Waals surface area contributed by atoms with Crippen molar-refractivity contribution in [2.45, 2.75) is 18.9 Å². The number of hydrogen-bond acceptors (Lipinski definition) is 0. The minimum atomic E-state index is 0.382. The molecule has 1 atom stereocenters. The molecule has 0 N–H and O–H groups in total. The number of hydrogen-bond donors (Lipinski definition) is 0. The molecule has 1 nitrogen and oxygen atoms in total. The van der Waals surface area contributed by atoms with Crippen LogP contribution in [0.15, 0.2) is 91.3 Å². The van der Waals surface area contributed by atoms with Gasteiger partial charge in [-0.05, 0) is 12.0 Å². The predicted octanol–water partition coefficient (Wildman–Crippen LogP) is 4.20. The van der Waals surface area contributed by atoms with E-state index in [1.54, 1.807) is 0 Å². The summed E-state index contributed by atoms with van der Waals surface area (Å²) in [6, 6.07) is 28.1. The van der Waals surface area contributed by atoms with Crippen LogP contribution in [0.1, 0.15) is 23.6 Å². The average Bonchev–Trinajstić information content (AvgIpc) is 2.58. The lowest BCUT2D eigenvalue weighted by Gasteiger charge is -2.13. The molecule has 104 valence electrons. The van der Waals surface area contributed by atoms with Gasteiger partial charge in [0.15, 0.2) is 18.4 Å². The lowest BCUT2D eigenvalue weighted by Crippen LogP contribution is -2.39. The van der Waals surface area contributed by atoms with Gasteiger partial charge in [0.25, 0.3) is 0 Å². The van der Waals surface area contributed by atoms with E-state index in [1.807, 2.05) is 0 Å². The fourth-order valence-electron chi connectivity index (χ4n) is 2.73. The van der Waals surface area contributed by atoms with E-state index >= 15 is 0 Å². The van der Waals surface area contributed by atoms with E-state index in [1.165, 1.54) is 11.1 Å². The molecule has 1 aromatic heterocycles. The van der Waals surface area contributed by atoms with E-state index in [-0.39, 0.29) is 0 Å². The van der Waals surface area contributed by atoms with Crippen LogP contribution in [-0.2, 0) is 6.42 Å². The fraction of sp³-hybridized carbons (Fsp3) is 0.150.